The van der Waals surface area contributed by atoms with E-state index in [1.165, 1.54) is 0 Å². The summed E-state index contributed by atoms with van der Waals surface area (Å²) in [4.78, 5) is 10.1. The number of rotatable bonds is 3. The van der Waals surface area contributed by atoms with Crippen LogP contribution in [-0.2, 0) is 4.79 Å². The average molecular weight is 171 g/mol. The number of hydrogen-bond acceptors (Lipinski definition) is 2. The van der Waals surface area contributed by atoms with Gasteiger partial charge in [-0.15, -0.1) is 0 Å². The standard InChI is InChI=1S/C6H13NO2.K.H/c1-4(2)3-5(7)6(8)9;;/h4-5H,3,7H2,1-2H3,(H,8,9);;/q;+1;-1/t5-;;/m0../s1. The first-order chi connectivity index (χ1) is 4.04. The molecule has 0 aromatic heterocycles. The number of carbonyl (C=O) groups is 1. The largest absolute Gasteiger partial charge is 1.00 e. The minimum atomic E-state index is -0.913. The molecule has 0 amide bonds. The zero-order valence-corrected chi connectivity index (χ0v) is 9.92. The third-order valence-electron chi connectivity index (χ3n) is 1.04. The molecule has 0 aliphatic rings. The van der Waals surface area contributed by atoms with E-state index in [1.807, 2.05) is 13.8 Å². The zero-order valence-electron chi connectivity index (χ0n) is 7.79. The molecule has 0 fully saturated rings. The van der Waals surface area contributed by atoms with Crippen LogP contribution in [0.2, 0.25) is 0 Å². The quantitative estimate of drug-likeness (QED) is 0.464. The summed E-state index contributed by atoms with van der Waals surface area (Å²) in [5, 5.41) is 8.31. The van der Waals surface area contributed by atoms with Gasteiger partial charge < -0.3 is 12.3 Å². The number of aliphatic carboxylic acids is 1. The Balaban J connectivity index is -0.000000320. The average Bonchev–Trinajstić information content (AvgIpc) is 1.63. The molecule has 0 unspecified atom stereocenters. The molecule has 3 N–H and O–H groups in total. The van der Waals surface area contributed by atoms with Crippen LogP contribution in [0.3, 0.4) is 0 Å². The molecule has 0 bridgehead atoms. The smallest absolute Gasteiger partial charge is 1.00 e. The SMILES string of the molecule is CC(C)C[C@H](N)C(=O)O.[H-].[K+]. The molecule has 0 radical (unpaired) electrons. The molecule has 0 aliphatic carbocycles. The van der Waals surface area contributed by atoms with E-state index in [2.05, 4.69) is 0 Å². The van der Waals surface area contributed by atoms with Gasteiger partial charge >= 0.3 is 57.4 Å². The van der Waals surface area contributed by atoms with Crippen LogP contribution in [0.4, 0.5) is 0 Å². The Morgan fingerprint density at radius 1 is 1.70 bits per heavy atom. The van der Waals surface area contributed by atoms with Crippen molar-refractivity contribution in [3.8, 4) is 0 Å². The summed E-state index contributed by atoms with van der Waals surface area (Å²) < 4.78 is 0. The molecular formula is C6H14KNO2. The summed E-state index contributed by atoms with van der Waals surface area (Å²) in [7, 11) is 0. The molecule has 0 aliphatic heterocycles. The van der Waals surface area contributed by atoms with E-state index in [0.717, 1.165) is 0 Å². The van der Waals surface area contributed by atoms with Gasteiger partial charge in [-0.1, -0.05) is 13.8 Å². The van der Waals surface area contributed by atoms with Gasteiger partial charge in [0, 0.05) is 0 Å². The molecule has 0 saturated carbocycles. The summed E-state index contributed by atoms with van der Waals surface area (Å²) in [5.74, 6) is -0.556. The van der Waals surface area contributed by atoms with Crippen LogP contribution in [0.15, 0.2) is 0 Å². The van der Waals surface area contributed by atoms with Crippen molar-refractivity contribution in [2.75, 3.05) is 0 Å². The molecule has 3 nitrogen and oxygen atoms in total. The molecular weight excluding hydrogens is 157 g/mol. The first-order valence-electron chi connectivity index (χ1n) is 3.02. The normalized spacial score (nSPS) is 12.4. The summed E-state index contributed by atoms with van der Waals surface area (Å²) in [6, 6.07) is -0.690. The maximum atomic E-state index is 10.1. The second-order valence-electron chi connectivity index (χ2n) is 2.57. The number of carboxylic acids is 1. The summed E-state index contributed by atoms with van der Waals surface area (Å²) in [6.07, 6.45) is 0.551. The van der Waals surface area contributed by atoms with Crippen LogP contribution >= 0.6 is 0 Å². The molecule has 10 heavy (non-hydrogen) atoms. The van der Waals surface area contributed by atoms with Crippen molar-refractivity contribution in [2.45, 2.75) is 26.3 Å². The van der Waals surface area contributed by atoms with E-state index in [9.17, 15) is 4.79 Å². The third kappa shape index (κ3) is 7.18. The van der Waals surface area contributed by atoms with Crippen LogP contribution in [0, 0.1) is 5.92 Å². The van der Waals surface area contributed by atoms with Crippen molar-refractivity contribution in [2.24, 2.45) is 11.7 Å². The van der Waals surface area contributed by atoms with Crippen LogP contribution in [-0.4, -0.2) is 17.1 Å². The van der Waals surface area contributed by atoms with Crippen LogP contribution in [0.1, 0.15) is 21.7 Å². The van der Waals surface area contributed by atoms with E-state index in [1.54, 1.807) is 0 Å². The Morgan fingerprint density at radius 2 is 2.10 bits per heavy atom. The molecule has 0 aromatic carbocycles. The molecule has 0 aromatic rings. The van der Waals surface area contributed by atoms with Crippen molar-refractivity contribution < 1.29 is 62.7 Å². The van der Waals surface area contributed by atoms with Gasteiger partial charge in [-0.3, -0.25) is 4.79 Å². The van der Waals surface area contributed by atoms with Gasteiger partial charge in [-0.25, -0.2) is 0 Å². The first kappa shape index (κ1) is 13.6. The van der Waals surface area contributed by atoms with Crippen LogP contribution < -0.4 is 57.1 Å². The summed E-state index contributed by atoms with van der Waals surface area (Å²) >= 11 is 0. The Hall–Kier alpha value is 1.07. The number of carboxylic acid groups (broad SMARTS) is 1. The van der Waals surface area contributed by atoms with E-state index in [4.69, 9.17) is 10.8 Å². The fraction of sp³-hybridized carbons (Fsp3) is 0.833. The van der Waals surface area contributed by atoms with Gasteiger partial charge in [0.2, 0.25) is 0 Å². The first-order valence-corrected chi connectivity index (χ1v) is 3.02. The van der Waals surface area contributed by atoms with E-state index in [0.29, 0.717) is 12.3 Å². The third-order valence-corrected chi connectivity index (χ3v) is 1.04. The van der Waals surface area contributed by atoms with Crippen molar-refractivity contribution in [1.82, 2.24) is 0 Å². The van der Waals surface area contributed by atoms with Crippen molar-refractivity contribution in [3.05, 3.63) is 0 Å². The maximum Gasteiger partial charge on any atom is 1.00 e. The molecule has 0 rings (SSSR count). The fourth-order valence-electron chi connectivity index (χ4n) is 0.609. The molecule has 1 atom stereocenters. The minimum Gasteiger partial charge on any atom is -1.00 e. The van der Waals surface area contributed by atoms with Crippen LogP contribution in [0.5, 0.6) is 0 Å². The topological polar surface area (TPSA) is 63.3 Å². The van der Waals surface area contributed by atoms with E-state index < -0.39 is 12.0 Å². The van der Waals surface area contributed by atoms with E-state index >= 15 is 0 Å². The van der Waals surface area contributed by atoms with Gasteiger partial charge in [0.25, 0.3) is 0 Å². The van der Waals surface area contributed by atoms with Crippen molar-refractivity contribution in [3.63, 3.8) is 0 Å². The monoisotopic (exact) mass is 171 g/mol. The number of hydrogen-bond donors (Lipinski definition) is 2. The molecule has 0 heterocycles. The van der Waals surface area contributed by atoms with Crippen molar-refractivity contribution in [1.29, 1.82) is 0 Å². The molecule has 56 valence electrons. The van der Waals surface area contributed by atoms with Gasteiger partial charge in [-0.2, -0.15) is 0 Å². The zero-order chi connectivity index (χ0) is 7.44. The molecule has 0 spiro atoms. The van der Waals surface area contributed by atoms with Gasteiger partial charge in [0.15, 0.2) is 0 Å². The predicted octanol–water partition coefficient (Wildman–Crippen LogP) is -2.44. The second-order valence-corrected chi connectivity index (χ2v) is 2.57. The molecule has 4 heteroatoms. The maximum absolute atomic E-state index is 10.1. The minimum absolute atomic E-state index is 0. The van der Waals surface area contributed by atoms with E-state index in [-0.39, 0.29) is 52.8 Å². The molecule has 0 saturated heterocycles. The Labute approximate surface area is 105 Å². The number of nitrogens with two attached hydrogens (primary N) is 1. The van der Waals surface area contributed by atoms with Crippen LogP contribution in [0.25, 0.3) is 0 Å². The fourth-order valence-corrected chi connectivity index (χ4v) is 0.609. The summed E-state index contributed by atoms with van der Waals surface area (Å²) in [5.41, 5.74) is 5.22. The Bertz CT molecular complexity index is 111. The van der Waals surface area contributed by atoms with Gasteiger partial charge in [0.05, 0.1) is 0 Å². The summed E-state index contributed by atoms with van der Waals surface area (Å²) in [6.45, 7) is 3.89. The van der Waals surface area contributed by atoms with Gasteiger partial charge in [0.1, 0.15) is 6.04 Å². The second kappa shape index (κ2) is 6.76. The Kier molecular flexibility index (Phi) is 9.22. The Morgan fingerprint density at radius 3 is 2.20 bits per heavy atom. The van der Waals surface area contributed by atoms with Gasteiger partial charge in [-0.05, 0) is 12.3 Å². The predicted molar refractivity (Wildman–Crippen MR) is 36.2 cm³/mol. The van der Waals surface area contributed by atoms with Crippen molar-refractivity contribution >= 4 is 5.97 Å².